The standard InChI is InChI=1S/C33H60N2O9/c1-12-24-33(9,39)28(37)20(5)25(34)18(3)14-32(8)29(44-31-26(36)23(35(10)11)13-19(4)42-31)21(6)27(22(7)30(38)43-24)40-15-17(2)16-41-32/h18-29,31,36-37,39H,2,12-16,34H2,1,3-11H3/t18-,19-,20+,21+,22-,23+,24-,25+,26-,27+,28-,29-,31+,32+,33-/m1/s1. The molecule has 3 saturated heterocycles. The van der Waals surface area contributed by atoms with E-state index in [0.29, 0.717) is 18.4 Å². The normalized spacial score (nSPS) is 48.7. The van der Waals surface area contributed by atoms with Crippen LogP contribution in [0.15, 0.2) is 12.2 Å². The van der Waals surface area contributed by atoms with Crippen molar-refractivity contribution < 1.29 is 43.8 Å². The minimum Gasteiger partial charge on any atom is -0.459 e. The molecule has 3 aliphatic heterocycles. The van der Waals surface area contributed by atoms with E-state index >= 15 is 0 Å². The molecule has 3 aliphatic rings. The molecule has 0 aromatic carbocycles. The minimum absolute atomic E-state index is 0.164. The number of nitrogens with two attached hydrogens (primary N) is 1. The van der Waals surface area contributed by atoms with Crippen LogP contribution in [0.4, 0.5) is 0 Å². The molecule has 3 rings (SSSR count). The van der Waals surface area contributed by atoms with Crippen LogP contribution in [-0.2, 0) is 28.5 Å². The van der Waals surface area contributed by atoms with Gasteiger partial charge in [-0.15, -0.1) is 0 Å². The van der Waals surface area contributed by atoms with E-state index in [2.05, 4.69) is 6.58 Å². The van der Waals surface area contributed by atoms with Crippen LogP contribution in [0.3, 0.4) is 0 Å². The third kappa shape index (κ3) is 7.86. The highest BCUT2D eigenvalue weighted by atomic mass is 16.7. The fourth-order valence-electron chi connectivity index (χ4n) is 7.55. The van der Waals surface area contributed by atoms with E-state index in [0.717, 1.165) is 0 Å². The van der Waals surface area contributed by atoms with E-state index in [1.165, 1.54) is 6.92 Å². The number of rotatable bonds is 4. The lowest BCUT2D eigenvalue weighted by molar-refractivity contribution is -0.303. The summed E-state index contributed by atoms with van der Waals surface area (Å²) in [5, 5.41) is 34.4. The van der Waals surface area contributed by atoms with Crippen molar-refractivity contribution >= 4 is 5.97 Å². The van der Waals surface area contributed by atoms with Crippen molar-refractivity contribution in [1.82, 2.24) is 4.90 Å². The average molecular weight is 629 g/mol. The number of hydrogen-bond acceptors (Lipinski definition) is 11. The van der Waals surface area contributed by atoms with Crippen molar-refractivity contribution in [3.8, 4) is 0 Å². The number of carbonyl (C=O) groups excluding carboxylic acids is 1. The third-order valence-electron chi connectivity index (χ3n) is 10.5. The molecule has 256 valence electrons. The summed E-state index contributed by atoms with van der Waals surface area (Å²) in [5.74, 6) is -2.56. The number of fused-ring (bicyclic) bond motifs is 3. The molecular formula is C33H60N2O9. The Morgan fingerprint density at radius 2 is 1.73 bits per heavy atom. The number of cyclic esters (lactones) is 1. The smallest absolute Gasteiger partial charge is 0.311 e. The minimum atomic E-state index is -1.74. The van der Waals surface area contributed by atoms with Crippen LogP contribution in [-0.4, -0.2) is 120 Å². The topological polar surface area (TPSA) is 153 Å². The molecule has 0 aliphatic carbocycles. The molecule has 3 heterocycles. The Bertz CT molecular complexity index is 979. The van der Waals surface area contributed by atoms with Crippen LogP contribution in [0.5, 0.6) is 0 Å². The van der Waals surface area contributed by atoms with Gasteiger partial charge >= 0.3 is 5.97 Å². The number of aliphatic hydroxyl groups excluding tert-OH is 2. The maximum atomic E-state index is 13.7. The van der Waals surface area contributed by atoms with Gasteiger partial charge in [-0.2, -0.15) is 0 Å². The first kappa shape index (κ1) is 37.3. The van der Waals surface area contributed by atoms with Gasteiger partial charge in [0.05, 0.1) is 49.1 Å². The lowest BCUT2D eigenvalue weighted by Gasteiger charge is -2.49. The lowest BCUT2D eigenvalue weighted by atomic mass is 9.72. The molecule has 11 heteroatoms. The predicted molar refractivity (Wildman–Crippen MR) is 167 cm³/mol. The van der Waals surface area contributed by atoms with Gasteiger partial charge in [0.1, 0.15) is 17.8 Å². The highest BCUT2D eigenvalue weighted by Crippen LogP contribution is 2.41. The summed E-state index contributed by atoms with van der Waals surface area (Å²) < 4.78 is 32.0. The van der Waals surface area contributed by atoms with E-state index < -0.39 is 77.8 Å². The van der Waals surface area contributed by atoms with Crippen LogP contribution < -0.4 is 5.73 Å². The van der Waals surface area contributed by atoms with E-state index in [9.17, 15) is 20.1 Å². The molecule has 0 aromatic rings. The number of esters is 1. The Balaban J connectivity index is 2.16. The lowest BCUT2D eigenvalue weighted by Crippen LogP contribution is -2.61. The zero-order valence-electron chi connectivity index (χ0n) is 28.6. The molecule has 0 saturated carbocycles. The quantitative estimate of drug-likeness (QED) is 0.268. The SMILES string of the molecule is C=C1CO[C@H]2[C@H](C)[C@@H](O[C@@H]3O[C@H](C)C[C@H](N(C)C)[C@H]3O)[C@](C)(C[C@@H](C)[C@H](N)[C@H](C)[C@@H](O)[C@](C)(O)[C@@H](CC)OC(=O)[C@@H]2C)OC1. The van der Waals surface area contributed by atoms with Gasteiger partial charge in [0.2, 0.25) is 0 Å². The monoisotopic (exact) mass is 628 g/mol. The van der Waals surface area contributed by atoms with E-state index in [1.54, 1.807) is 20.8 Å². The molecule has 11 nitrogen and oxygen atoms in total. The van der Waals surface area contributed by atoms with Crippen molar-refractivity contribution in [2.75, 3.05) is 27.3 Å². The first-order valence-corrected chi connectivity index (χ1v) is 16.3. The molecule has 2 bridgehead atoms. The van der Waals surface area contributed by atoms with Gasteiger partial charge in [-0.1, -0.05) is 34.3 Å². The van der Waals surface area contributed by atoms with Crippen LogP contribution in [0, 0.1) is 23.7 Å². The molecule has 3 fully saturated rings. The molecule has 5 N–H and O–H groups in total. The summed E-state index contributed by atoms with van der Waals surface area (Å²) in [7, 11) is 3.84. The largest absolute Gasteiger partial charge is 0.459 e. The number of ether oxygens (including phenoxy) is 5. The summed E-state index contributed by atoms with van der Waals surface area (Å²) in [6.07, 6.45) is -4.38. The van der Waals surface area contributed by atoms with Crippen LogP contribution in [0.25, 0.3) is 0 Å². The number of nitrogens with zero attached hydrogens (tertiary/aromatic N) is 1. The molecule has 15 atom stereocenters. The van der Waals surface area contributed by atoms with E-state index in [1.807, 2.05) is 46.7 Å². The van der Waals surface area contributed by atoms with Gasteiger partial charge in [0, 0.05) is 23.9 Å². The Labute approximate surface area is 264 Å². The van der Waals surface area contributed by atoms with Gasteiger partial charge in [-0.3, -0.25) is 4.79 Å². The van der Waals surface area contributed by atoms with Gasteiger partial charge in [-0.05, 0) is 72.5 Å². The number of carbonyl (C=O) groups is 1. The number of aliphatic hydroxyl groups is 3. The van der Waals surface area contributed by atoms with Crippen molar-refractivity contribution in [1.29, 1.82) is 0 Å². The zero-order valence-corrected chi connectivity index (χ0v) is 28.6. The molecule has 0 spiro atoms. The second-order valence-corrected chi connectivity index (χ2v) is 14.5. The fourth-order valence-corrected chi connectivity index (χ4v) is 7.55. The maximum Gasteiger partial charge on any atom is 0.311 e. The Morgan fingerprint density at radius 3 is 2.32 bits per heavy atom. The summed E-state index contributed by atoms with van der Waals surface area (Å²) in [6.45, 7) is 19.2. The van der Waals surface area contributed by atoms with Crippen molar-refractivity contribution in [3.05, 3.63) is 12.2 Å². The molecule has 0 unspecified atom stereocenters. The first-order chi connectivity index (χ1) is 20.3. The van der Waals surface area contributed by atoms with E-state index in [4.69, 9.17) is 29.4 Å². The summed E-state index contributed by atoms with van der Waals surface area (Å²) in [6, 6.07) is -0.741. The zero-order chi connectivity index (χ0) is 33.3. The first-order valence-electron chi connectivity index (χ1n) is 16.3. The molecule has 0 radical (unpaired) electrons. The number of likely N-dealkylation sites (N-methyl/N-ethyl adjacent to an activating group) is 1. The van der Waals surface area contributed by atoms with Crippen molar-refractivity contribution in [3.63, 3.8) is 0 Å². The van der Waals surface area contributed by atoms with Gasteiger partial charge in [0.15, 0.2) is 6.29 Å². The Kier molecular flexibility index (Phi) is 12.5. The average Bonchev–Trinajstić information content (AvgIpc) is 2.99. The Morgan fingerprint density at radius 1 is 1.09 bits per heavy atom. The molecule has 0 aromatic heterocycles. The molecular weight excluding hydrogens is 568 g/mol. The number of hydrogen-bond donors (Lipinski definition) is 4. The van der Waals surface area contributed by atoms with Crippen LogP contribution in [0.2, 0.25) is 0 Å². The van der Waals surface area contributed by atoms with Crippen molar-refractivity contribution in [2.45, 2.75) is 141 Å². The molecule has 0 amide bonds. The highest BCUT2D eigenvalue weighted by molar-refractivity contribution is 5.73. The third-order valence-corrected chi connectivity index (χ3v) is 10.5. The highest BCUT2D eigenvalue weighted by Gasteiger charge is 2.52. The maximum absolute atomic E-state index is 13.7. The van der Waals surface area contributed by atoms with Gasteiger partial charge in [0.25, 0.3) is 0 Å². The fraction of sp³-hybridized carbons (Fsp3) is 0.909. The van der Waals surface area contributed by atoms with Gasteiger partial charge in [-0.25, -0.2) is 0 Å². The van der Waals surface area contributed by atoms with Crippen molar-refractivity contribution in [2.24, 2.45) is 29.4 Å². The van der Waals surface area contributed by atoms with E-state index in [-0.39, 0.29) is 37.7 Å². The van der Waals surface area contributed by atoms with Crippen LogP contribution >= 0.6 is 0 Å². The second kappa shape index (κ2) is 14.7. The Hall–Kier alpha value is -1.15. The summed E-state index contributed by atoms with van der Waals surface area (Å²) in [4.78, 5) is 15.7. The summed E-state index contributed by atoms with van der Waals surface area (Å²) in [5.41, 5.74) is 4.76. The van der Waals surface area contributed by atoms with Gasteiger partial charge < -0.3 is 49.6 Å². The second-order valence-electron chi connectivity index (χ2n) is 14.5. The summed E-state index contributed by atoms with van der Waals surface area (Å²) >= 11 is 0. The predicted octanol–water partition coefficient (Wildman–Crippen LogP) is 2.24. The molecule has 44 heavy (non-hydrogen) atoms. The van der Waals surface area contributed by atoms with Crippen LogP contribution in [0.1, 0.15) is 74.7 Å².